The molecule has 0 aliphatic heterocycles. The Kier molecular flexibility index (Phi) is 5.00. The molecule has 2 aromatic rings. The summed E-state index contributed by atoms with van der Waals surface area (Å²) in [6.07, 6.45) is 0. The Morgan fingerprint density at radius 2 is 2.00 bits per heavy atom. The van der Waals surface area contributed by atoms with E-state index in [4.69, 9.17) is 4.74 Å². The quantitative estimate of drug-likeness (QED) is 0.816. The van der Waals surface area contributed by atoms with E-state index in [-0.39, 0.29) is 12.5 Å². The highest BCUT2D eigenvalue weighted by Crippen LogP contribution is 2.18. The molecule has 0 unspecified atom stereocenters. The molecule has 0 saturated carbocycles. The number of rotatable bonds is 4. The third kappa shape index (κ3) is 4.23. The zero-order valence-corrected chi connectivity index (χ0v) is 13.6. The first kappa shape index (κ1) is 14.8. The minimum absolute atomic E-state index is 0.00881. The van der Waals surface area contributed by atoms with Crippen molar-refractivity contribution in [2.24, 2.45) is 0 Å². The second-order valence-corrected chi connectivity index (χ2v) is 5.86. The average Bonchev–Trinajstić information content (AvgIpc) is 2.40. The van der Waals surface area contributed by atoms with E-state index in [1.165, 1.54) is 0 Å². The van der Waals surface area contributed by atoms with E-state index in [0.29, 0.717) is 5.75 Å². The molecule has 0 heterocycles. The standard InChI is InChI=1S/C16H16INO2/c1-11-4-3-5-14(8-11)20-10-16(19)18-15-7-6-13(17)9-12(15)2/h3-9H,10H2,1-2H3,(H,18,19). The lowest BCUT2D eigenvalue weighted by Gasteiger charge is -2.10. The van der Waals surface area contributed by atoms with Crippen LogP contribution in [0.5, 0.6) is 5.75 Å². The Morgan fingerprint density at radius 1 is 1.20 bits per heavy atom. The third-order valence-electron chi connectivity index (χ3n) is 2.82. The number of hydrogen-bond acceptors (Lipinski definition) is 2. The molecule has 4 heteroatoms. The van der Waals surface area contributed by atoms with Gasteiger partial charge in [0.2, 0.25) is 0 Å². The monoisotopic (exact) mass is 381 g/mol. The SMILES string of the molecule is Cc1cccc(OCC(=O)Nc2ccc(I)cc2C)c1. The molecule has 1 N–H and O–H groups in total. The molecule has 0 radical (unpaired) electrons. The molecule has 0 aliphatic rings. The zero-order chi connectivity index (χ0) is 14.5. The molecule has 104 valence electrons. The van der Waals surface area contributed by atoms with Crippen molar-refractivity contribution in [3.63, 3.8) is 0 Å². The first-order valence-electron chi connectivity index (χ1n) is 6.30. The van der Waals surface area contributed by atoms with E-state index in [1.807, 2.05) is 56.3 Å². The van der Waals surface area contributed by atoms with Crippen LogP contribution >= 0.6 is 22.6 Å². The molecule has 2 aromatic carbocycles. The van der Waals surface area contributed by atoms with Crippen LogP contribution in [0.1, 0.15) is 11.1 Å². The lowest BCUT2D eigenvalue weighted by molar-refractivity contribution is -0.118. The lowest BCUT2D eigenvalue weighted by Crippen LogP contribution is -2.20. The van der Waals surface area contributed by atoms with Gasteiger partial charge in [0.25, 0.3) is 5.91 Å². The second-order valence-electron chi connectivity index (χ2n) is 4.61. The largest absolute Gasteiger partial charge is 0.484 e. The lowest BCUT2D eigenvalue weighted by atomic mass is 10.2. The first-order valence-corrected chi connectivity index (χ1v) is 7.38. The van der Waals surface area contributed by atoms with Crippen LogP contribution in [0.2, 0.25) is 0 Å². The predicted octanol–water partition coefficient (Wildman–Crippen LogP) is 3.93. The van der Waals surface area contributed by atoms with Crippen LogP contribution in [0.4, 0.5) is 5.69 Å². The maximum atomic E-state index is 11.9. The molecule has 0 bridgehead atoms. The normalized spacial score (nSPS) is 10.2. The van der Waals surface area contributed by atoms with E-state index in [9.17, 15) is 4.79 Å². The highest BCUT2D eigenvalue weighted by Gasteiger charge is 2.06. The number of halogens is 1. The zero-order valence-electron chi connectivity index (χ0n) is 11.4. The van der Waals surface area contributed by atoms with Crippen LogP contribution in [0, 0.1) is 17.4 Å². The Balaban J connectivity index is 1.92. The number of nitrogens with one attached hydrogen (secondary N) is 1. The molecule has 0 spiro atoms. The summed E-state index contributed by atoms with van der Waals surface area (Å²) in [5, 5.41) is 2.86. The number of ether oxygens (including phenoxy) is 1. The molecule has 0 aromatic heterocycles. The van der Waals surface area contributed by atoms with Gasteiger partial charge in [-0.05, 0) is 77.9 Å². The van der Waals surface area contributed by atoms with Gasteiger partial charge in [0.1, 0.15) is 5.75 Å². The Hall–Kier alpha value is -1.56. The van der Waals surface area contributed by atoms with Crippen molar-refractivity contribution in [1.82, 2.24) is 0 Å². The van der Waals surface area contributed by atoms with E-state index in [0.717, 1.165) is 20.4 Å². The van der Waals surface area contributed by atoms with Gasteiger partial charge in [0, 0.05) is 9.26 Å². The number of aryl methyl sites for hydroxylation is 2. The molecule has 3 nitrogen and oxygen atoms in total. The smallest absolute Gasteiger partial charge is 0.262 e. The summed E-state index contributed by atoms with van der Waals surface area (Å²) in [6, 6.07) is 13.5. The number of carbonyl (C=O) groups is 1. The topological polar surface area (TPSA) is 38.3 Å². The van der Waals surface area contributed by atoms with Gasteiger partial charge < -0.3 is 10.1 Å². The number of benzene rings is 2. The Bertz CT molecular complexity index is 626. The van der Waals surface area contributed by atoms with Gasteiger partial charge in [-0.25, -0.2) is 0 Å². The van der Waals surface area contributed by atoms with Crippen LogP contribution in [-0.4, -0.2) is 12.5 Å². The fraction of sp³-hybridized carbons (Fsp3) is 0.188. The molecule has 0 atom stereocenters. The molecule has 20 heavy (non-hydrogen) atoms. The fourth-order valence-electron chi connectivity index (χ4n) is 1.81. The van der Waals surface area contributed by atoms with Gasteiger partial charge in [-0.1, -0.05) is 12.1 Å². The van der Waals surface area contributed by atoms with Crippen LogP contribution in [0.25, 0.3) is 0 Å². The summed E-state index contributed by atoms with van der Waals surface area (Å²) in [7, 11) is 0. The fourth-order valence-corrected chi connectivity index (χ4v) is 2.45. The van der Waals surface area contributed by atoms with Crippen molar-refractivity contribution < 1.29 is 9.53 Å². The number of carbonyl (C=O) groups excluding carboxylic acids is 1. The van der Waals surface area contributed by atoms with Crippen molar-refractivity contribution >= 4 is 34.2 Å². The molecule has 0 fully saturated rings. The number of anilines is 1. The molecule has 1 amide bonds. The summed E-state index contributed by atoms with van der Waals surface area (Å²) in [6.45, 7) is 3.97. The van der Waals surface area contributed by atoms with Crippen LogP contribution in [0.15, 0.2) is 42.5 Å². The summed E-state index contributed by atoms with van der Waals surface area (Å²) in [5.41, 5.74) is 2.97. The highest BCUT2D eigenvalue weighted by atomic mass is 127. The summed E-state index contributed by atoms with van der Waals surface area (Å²) in [5.74, 6) is 0.551. The minimum Gasteiger partial charge on any atom is -0.484 e. The van der Waals surface area contributed by atoms with Gasteiger partial charge in [0.15, 0.2) is 6.61 Å². The van der Waals surface area contributed by atoms with E-state index < -0.39 is 0 Å². The van der Waals surface area contributed by atoms with Gasteiger partial charge in [-0.3, -0.25) is 4.79 Å². The van der Waals surface area contributed by atoms with Crippen molar-refractivity contribution in [2.45, 2.75) is 13.8 Å². The minimum atomic E-state index is -0.157. The highest BCUT2D eigenvalue weighted by molar-refractivity contribution is 14.1. The maximum Gasteiger partial charge on any atom is 0.262 e. The molecule has 0 saturated heterocycles. The first-order chi connectivity index (χ1) is 9.54. The van der Waals surface area contributed by atoms with Gasteiger partial charge in [0.05, 0.1) is 0 Å². The van der Waals surface area contributed by atoms with Crippen LogP contribution < -0.4 is 10.1 Å². The summed E-state index contributed by atoms with van der Waals surface area (Å²) in [4.78, 5) is 11.9. The molecular weight excluding hydrogens is 365 g/mol. The van der Waals surface area contributed by atoms with Crippen LogP contribution in [0.3, 0.4) is 0 Å². The number of amides is 1. The van der Waals surface area contributed by atoms with E-state index >= 15 is 0 Å². The summed E-state index contributed by atoms with van der Waals surface area (Å²) >= 11 is 2.25. The average molecular weight is 381 g/mol. The second kappa shape index (κ2) is 6.74. The van der Waals surface area contributed by atoms with Gasteiger partial charge >= 0.3 is 0 Å². The predicted molar refractivity (Wildman–Crippen MR) is 89.2 cm³/mol. The molecule has 0 aliphatic carbocycles. The maximum absolute atomic E-state index is 11.9. The number of hydrogen-bond donors (Lipinski definition) is 1. The van der Waals surface area contributed by atoms with Crippen molar-refractivity contribution in [1.29, 1.82) is 0 Å². The van der Waals surface area contributed by atoms with Gasteiger partial charge in [-0.2, -0.15) is 0 Å². The Labute approximate surface area is 132 Å². The third-order valence-corrected chi connectivity index (χ3v) is 3.49. The van der Waals surface area contributed by atoms with E-state index in [2.05, 4.69) is 27.9 Å². The molecular formula is C16H16INO2. The summed E-state index contributed by atoms with van der Waals surface area (Å²) < 4.78 is 6.62. The van der Waals surface area contributed by atoms with Crippen molar-refractivity contribution in [3.05, 3.63) is 57.2 Å². The van der Waals surface area contributed by atoms with Crippen molar-refractivity contribution in [3.8, 4) is 5.75 Å². The van der Waals surface area contributed by atoms with Crippen molar-refractivity contribution in [2.75, 3.05) is 11.9 Å². The molecule has 2 rings (SSSR count). The van der Waals surface area contributed by atoms with E-state index in [1.54, 1.807) is 0 Å². The van der Waals surface area contributed by atoms with Crippen LogP contribution in [-0.2, 0) is 4.79 Å². The Morgan fingerprint density at radius 3 is 2.70 bits per heavy atom. The van der Waals surface area contributed by atoms with Gasteiger partial charge in [-0.15, -0.1) is 0 Å².